The van der Waals surface area contributed by atoms with E-state index in [1.165, 1.54) is 43.6 Å². The van der Waals surface area contributed by atoms with Crippen molar-refractivity contribution in [3.8, 4) is 0 Å². The van der Waals surface area contributed by atoms with Crippen molar-refractivity contribution in [3.05, 3.63) is 29.8 Å². The minimum absolute atomic E-state index is 0.177. The number of benzene rings is 1. The highest BCUT2D eigenvalue weighted by Gasteiger charge is 2.25. The fraction of sp³-hybridized carbons (Fsp3) is 0.682. The van der Waals surface area contributed by atoms with Gasteiger partial charge in [-0.3, -0.25) is 4.99 Å². The number of nitrogens with one attached hydrogen (secondary N) is 1. The second-order valence-corrected chi connectivity index (χ2v) is 8.02. The minimum Gasteiger partial charge on any atom is -0.393 e. The SMILES string of the molecule is CCNC(=NCC1CCCC1O)N(C)Cc1ccc(N2CCCCC2)cc1. The summed E-state index contributed by atoms with van der Waals surface area (Å²) in [6.45, 7) is 6.86. The summed E-state index contributed by atoms with van der Waals surface area (Å²) in [6, 6.07) is 9.00. The summed E-state index contributed by atoms with van der Waals surface area (Å²) < 4.78 is 0. The van der Waals surface area contributed by atoms with Crippen molar-refractivity contribution in [2.45, 2.75) is 58.1 Å². The number of piperidine rings is 1. The van der Waals surface area contributed by atoms with Crippen LogP contribution in [-0.2, 0) is 6.54 Å². The lowest BCUT2D eigenvalue weighted by molar-refractivity contribution is 0.136. The van der Waals surface area contributed by atoms with Gasteiger partial charge < -0.3 is 20.2 Å². The number of nitrogens with zero attached hydrogens (tertiary/aromatic N) is 3. The minimum atomic E-state index is -0.177. The fourth-order valence-corrected chi connectivity index (χ4v) is 4.22. The summed E-state index contributed by atoms with van der Waals surface area (Å²) in [4.78, 5) is 9.47. The predicted octanol–water partition coefficient (Wildman–Crippen LogP) is 3.24. The van der Waals surface area contributed by atoms with E-state index in [1.807, 2.05) is 0 Å². The second kappa shape index (κ2) is 9.98. The Morgan fingerprint density at radius 1 is 1.15 bits per heavy atom. The molecule has 0 spiro atoms. The van der Waals surface area contributed by atoms with Crippen LogP contribution in [0, 0.1) is 5.92 Å². The lowest BCUT2D eigenvalue weighted by atomic mass is 10.1. The molecule has 2 unspecified atom stereocenters. The molecule has 5 nitrogen and oxygen atoms in total. The first-order valence-corrected chi connectivity index (χ1v) is 10.7. The van der Waals surface area contributed by atoms with E-state index in [2.05, 4.69) is 53.4 Å². The quantitative estimate of drug-likeness (QED) is 0.595. The molecule has 1 aromatic carbocycles. The topological polar surface area (TPSA) is 51.1 Å². The molecule has 0 bridgehead atoms. The van der Waals surface area contributed by atoms with Crippen LogP contribution in [-0.4, -0.2) is 55.3 Å². The summed E-state index contributed by atoms with van der Waals surface area (Å²) in [7, 11) is 2.09. The third kappa shape index (κ3) is 5.61. The van der Waals surface area contributed by atoms with Gasteiger partial charge in [-0.1, -0.05) is 18.6 Å². The van der Waals surface area contributed by atoms with E-state index in [9.17, 15) is 5.11 Å². The maximum Gasteiger partial charge on any atom is 0.193 e. The highest BCUT2D eigenvalue weighted by Crippen LogP contribution is 2.25. The Balaban J connectivity index is 1.58. The van der Waals surface area contributed by atoms with Crippen molar-refractivity contribution in [1.29, 1.82) is 0 Å². The Bertz CT molecular complexity index is 595. The standard InChI is InChI=1S/C22H36N4O/c1-3-23-22(24-16-19-8-7-9-21(19)27)25(2)17-18-10-12-20(13-11-18)26-14-5-4-6-15-26/h10-13,19,21,27H,3-9,14-17H2,1-2H3,(H,23,24). The Morgan fingerprint density at radius 3 is 2.52 bits per heavy atom. The van der Waals surface area contributed by atoms with Crippen molar-refractivity contribution >= 4 is 11.6 Å². The number of aliphatic imine (C=N–C) groups is 1. The first-order chi connectivity index (χ1) is 13.2. The van der Waals surface area contributed by atoms with E-state index >= 15 is 0 Å². The molecule has 1 saturated carbocycles. The van der Waals surface area contributed by atoms with Gasteiger partial charge in [-0.05, 0) is 56.7 Å². The molecule has 5 heteroatoms. The summed E-state index contributed by atoms with van der Waals surface area (Å²) in [5.41, 5.74) is 2.64. The van der Waals surface area contributed by atoms with Crippen LogP contribution in [0.4, 0.5) is 5.69 Å². The van der Waals surface area contributed by atoms with Gasteiger partial charge in [0.1, 0.15) is 0 Å². The second-order valence-electron chi connectivity index (χ2n) is 8.02. The summed E-state index contributed by atoms with van der Waals surface area (Å²) in [6.07, 6.45) is 6.94. The molecular weight excluding hydrogens is 336 g/mol. The Hall–Kier alpha value is -1.75. The smallest absolute Gasteiger partial charge is 0.193 e. The number of hydrogen-bond acceptors (Lipinski definition) is 3. The van der Waals surface area contributed by atoms with E-state index in [0.29, 0.717) is 12.5 Å². The molecule has 1 aromatic rings. The van der Waals surface area contributed by atoms with E-state index < -0.39 is 0 Å². The van der Waals surface area contributed by atoms with Crippen molar-refractivity contribution in [2.24, 2.45) is 10.9 Å². The number of rotatable bonds is 6. The molecular formula is C22H36N4O. The third-order valence-corrected chi connectivity index (χ3v) is 5.87. The number of hydrogen-bond donors (Lipinski definition) is 2. The highest BCUT2D eigenvalue weighted by molar-refractivity contribution is 5.79. The van der Waals surface area contributed by atoms with Crippen LogP contribution in [0.25, 0.3) is 0 Å². The van der Waals surface area contributed by atoms with Crippen molar-refractivity contribution < 1.29 is 5.11 Å². The normalized spacial score (nSPS) is 23.5. The average molecular weight is 373 g/mol. The summed E-state index contributed by atoms with van der Waals surface area (Å²) in [5, 5.41) is 13.4. The van der Waals surface area contributed by atoms with Crippen molar-refractivity contribution in [3.63, 3.8) is 0 Å². The number of anilines is 1. The first kappa shape index (κ1) is 20.0. The van der Waals surface area contributed by atoms with Crippen LogP contribution in [0.1, 0.15) is 51.0 Å². The number of aliphatic hydroxyl groups is 1. The van der Waals surface area contributed by atoms with Crippen molar-refractivity contribution in [1.82, 2.24) is 10.2 Å². The molecule has 150 valence electrons. The van der Waals surface area contributed by atoms with Gasteiger partial charge >= 0.3 is 0 Å². The van der Waals surface area contributed by atoms with Crippen LogP contribution in [0.15, 0.2) is 29.3 Å². The predicted molar refractivity (Wildman–Crippen MR) is 113 cm³/mol. The van der Waals surface area contributed by atoms with Gasteiger partial charge in [0, 0.05) is 51.4 Å². The summed E-state index contributed by atoms with van der Waals surface area (Å²) >= 11 is 0. The van der Waals surface area contributed by atoms with E-state index in [-0.39, 0.29) is 6.10 Å². The van der Waals surface area contributed by atoms with Crippen LogP contribution >= 0.6 is 0 Å². The zero-order chi connectivity index (χ0) is 19.1. The lowest BCUT2D eigenvalue weighted by Gasteiger charge is -2.29. The number of guanidine groups is 1. The van der Waals surface area contributed by atoms with Gasteiger partial charge in [-0.2, -0.15) is 0 Å². The first-order valence-electron chi connectivity index (χ1n) is 10.7. The fourth-order valence-electron chi connectivity index (χ4n) is 4.22. The van der Waals surface area contributed by atoms with E-state index in [4.69, 9.17) is 4.99 Å². The molecule has 1 aliphatic heterocycles. The average Bonchev–Trinajstić information content (AvgIpc) is 3.11. The molecule has 2 N–H and O–H groups in total. The van der Waals surface area contributed by atoms with E-state index in [1.54, 1.807) is 0 Å². The van der Waals surface area contributed by atoms with Gasteiger partial charge in [-0.15, -0.1) is 0 Å². The largest absolute Gasteiger partial charge is 0.393 e. The molecule has 2 atom stereocenters. The van der Waals surface area contributed by atoms with Crippen LogP contribution in [0.5, 0.6) is 0 Å². The van der Waals surface area contributed by atoms with Crippen molar-refractivity contribution in [2.75, 3.05) is 38.1 Å². The Kier molecular flexibility index (Phi) is 7.39. The highest BCUT2D eigenvalue weighted by atomic mass is 16.3. The zero-order valence-electron chi connectivity index (χ0n) is 17.0. The summed E-state index contributed by atoms with van der Waals surface area (Å²) in [5.74, 6) is 1.24. The molecule has 1 heterocycles. The molecule has 2 fully saturated rings. The van der Waals surface area contributed by atoms with Gasteiger partial charge in [0.2, 0.25) is 0 Å². The molecule has 2 aliphatic rings. The van der Waals surface area contributed by atoms with Gasteiger partial charge in [0.05, 0.1) is 6.10 Å². The maximum absolute atomic E-state index is 10.0. The molecule has 1 aliphatic carbocycles. The molecule has 0 radical (unpaired) electrons. The van der Waals surface area contributed by atoms with Gasteiger partial charge in [0.25, 0.3) is 0 Å². The Morgan fingerprint density at radius 2 is 1.89 bits per heavy atom. The van der Waals surface area contributed by atoms with Crippen LogP contribution in [0.3, 0.4) is 0 Å². The molecule has 0 aromatic heterocycles. The lowest BCUT2D eigenvalue weighted by Crippen LogP contribution is -2.39. The molecule has 1 saturated heterocycles. The monoisotopic (exact) mass is 372 g/mol. The maximum atomic E-state index is 10.0. The third-order valence-electron chi connectivity index (χ3n) is 5.87. The van der Waals surface area contributed by atoms with E-state index in [0.717, 1.165) is 38.3 Å². The van der Waals surface area contributed by atoms with Crippen LogP contribution in [0.2, 0.25) is 0 Å². The molecule has 3 rings (SSSR count). The number of aliphatic hydroxyl groups excluding tert-OH is 1. The van der Waals surface area contributed by atoms with Gasteiger partial charge in [0.15, 0.2) is 5.96 Å². The zero-order valence-corrected chi connectivity index (χ0v) is 17.0. The molecule has 0 amide bonds. The van der Waals surface area contributed by atoms with Gasteiger partial charge in [-0.25, -0.2) is 0 Å². The van der Waals surface area contributed by atoms with Crippen LogP contribution < -0.4 is 10.2 Å². The molecule has 27 heavy (non-hydrogen) atoms. The Labute approximate surface area is 164 Å².